The van der Waals surface area contributed by atoms with Gasteiger partial charge in [-0.15, -0.1) is 5.10 Å². The third-order valence-electron chi connectivity index (χ3n) is 2.64. The smallest absolute Gasteiger partial charge is 0.211 e. The normalized spacial score (nSPS) is 10.6. The largest absolute Gasteiger partial charge is 0.486 e. The monoisotopic (exact) mass is 304 g/mol. The van der Waals surface area contributed by atoms with Gasteiger partial charge in [-0.05, 0) is 41.5 Å². The van der Waals surface area contributed by atoms with E-state index >= 15 is 0 Å². The van der Waals surface area contributed by atoms with E-state index in [1.807, 2.05) is 0 Å². The molecule has 0 amide bonds. The quantitative estimate of drug-likeness (QED) is 0.504. The number of halogens is 2. The zero-order valence-corrected chi connectivity index (χ0v) is 11.5. The maximum Gasteiger partial charge on any atom is 0.211 e. The molecule has 0 aromatic heterocycles. The fraction of sp³-hybridized carbons (Fsp3) is 0.0667. The van der Waals surface area contributed by atoms with Gasteiger partial charge in [0.15, 0.2) is 11.6 Å². The van der Waals surface area contributed by atoms with E-state index in [1.54, 1.807) is 18.2 Å². The van der Waals surface area contributed by atoms with Crippen LogP contribution in [0.25, 0.3) is 0 Å². The summed E-state index contributed by atoms with van der Waals surface area (Å²) in [4.78, 5) is 0. The zero-order chi connectivity index (χ0) is 15.9. The molecule has 0 bridgehead atoms. The fourth-order valence-electron chi connectivity index (χ4n) is 1.62. The molecule has 2 rings (SSSR count). The maximum absolute atomic E-state index is 13.9. The van der Waals surface area contributed by atoms with Crippen LogP contribution in [0.2, 0.25) is 0 Å². The lowest BCUT2D eigenvalue weighted by molar-refractivity contribution is 0.290. The lowest BCUT2D eigenvalue weighted by Crippen LogP contribution is -2.21. The molecule has 0 atom stereocenters. The highest BCUT2D eigenvalue weighted by Crippen LogP contribution is 2.19. The van der Waals surface area contributed by atoms with Crippen LogP contribution in [-0.4, -0.2) is 12.2 Å². The Kier molecular flexibility index (Phi) is 5.02. The van der Waals surface area contributed by atoms with E-state index in [-0.39, 0.29) is 24.1 Å². The average molecular weight is 304 g/mol. The first kappa shape index (κ1) is 15.4. The standard InChI is InChI=1S/C15H14F2N4O/c16-12-4-1-10(2-5-12)9-22-14-6-3-11(7-13(14)17)8-20-21-15(18)19/h1-8H,9H2,(H4,18,19,21). The van der Waals surface area contributed by atoms with E-state index in [2.05, 4.69) is 10.2 Å². The summed E-state index contributed by atoms with van der Waals surface area (Å²) in [5.41, 5.74) is 11.4. The van der Waals surface area contributed by atoms with E-state index in [9.17, 15) is 8.78 Å². The van der Waals surface area contributed by atoms with E-state index < -0.39 is 5.82 Å². The van der Waals surface area contributed by atoms with Crippen molar-refractivity contribution in [3.05, 3.63) is 65.2 Å². The van der Waals surface area contributed by atoms with Crippen LogP contribution in [-0.2, 0) is 6.61 Å². The Bertz CT molecular complexity index is 695. The molecular formula is C15H14F2N4O. The van der Waals surface area contributed by atoms with Crippen molar-refractivity contribution in [3.8, 4) is 5.75 Å². The minimum Gasteiger partial charge on any atom is -0.486 e. The Hall–Kier alpha value is -2.96. The fourth-order valence-corrected chi connectivity index (χ4v) is 1.62. The molecule has 2 aromatic carbocycles. The highest BCUT2D eigenvalue weighted by atomic mass is 19.1. The topological polar surface area (TPSA) is 86.0 Å². The minimum atomic E-state index is -0.546. The van der Waals surface area contributed by atoms with Gasteiger partial charge in [-0.25, -0.2) is 8.78 Å². The molecule has 0 aliphatic heterocycles. The van der Waals surface area contributed by atoms with Gasteiger partial charge in [-0.2, -0.15) is 5.10 Å². The highest BCUT2D eigenvalue weighted by molar-refractivity contribution is 5.81. The van der Waals surface area contributed by atoms with Gasteiger partial charge in [0.25, 0.3) is 0 Å². The van der Waals surface area contributed by atoms with Crippen LogP contribution in [0.3, 0.4) is 0 Å². The minimum absolute atomic E-state index is 0.0864. The first-order chi connectivity index (χ1) is 10.5. The van der Waals surface area contributed by atoms with E-state index in [1.165, 1.54) is 30.5 Å². The number of rotatable bonds is 5. The van der Waals surface area contributed by atoms with E-state index in [4.69, 9.17) is 16.2 Å². The van der Waals surface area contributed by atoms with Crippen molar-refractivity contribution in [2.24, 2.45) is 21.7 Å². The van der Waals surface area contributed by atoms with Crippen LogP contribution < -0.4 is 16.2 Å². The molecule has 0 saturated heterocycles. The Labute approximate surface area is 125 Å². The predicted octanol–water partition coefficient (Wildman–Crippen LogP) is 2.15. The number of ether oxygens (including phenoxy) is 1. The lowest BCUT2D eigenvalue weighted by atomic mass is 10.2. The molecule has 22 heavy (non-hydrogen) atoms. The van der Waals surface area contributed by atoms with Gasteiger partial charge in [0.1, 0.15) is 12.4 Å². The maximum atomic E-state index is 13.9. The van der Waals surface area contributed by atoms with Crippen molar-refractivity contribution < 1.29 is 13.5 Å². The summed E-state index contributed by atoms with van der Waals surface area (Å²) in [5, 5.41) is 7.00. The van der Waals surface area contributed by atoms with Crippen molar-refractivity contribution in [1.29, 1.82) is 0 Å². The summed E-state index contributed by atoms with van der Waals surface area (Å²) in [6, 6.07) is 10.1. The third-order valence-corrected chi connectivity index (χ3v) is 2.64. The van der Waals surface area contributed by atoms with Crippen LogP contribution in [0, 0.1) is 11.6 Å². The van der Waals surface area contributed by atoms with Crippen LogP contribution in [0.5, 0.6) is 5.75 Å². The number of nitrogens with zero attached hydrogens (tertiary/aromatic N) is 2. The summed E-state index contributed by atoms with van der Waals surface area (Å²) in [7, 11) is 0. The molecule has 0 heterocycles. The van der Waals surface area contributed by atoms with Crippen molar-refractivity contribution in [2.45, 2.75) is 6.61 Å². The van der Waals surface area contributed by atoms with Gasteiger partial charge in [0.05, 0.1) is 6.21 Å². The van der Waals surface area contributed by atoms with Crippen LogP contribution in [0.15, 0.2) is 52.7 Å². The van der Waals surface area contributed by atoms with Crippen LogP contribution in [0.1, 0.15) is 11.1 Å². The lowest BCUT2D eigenvalue weighted by Gasteiger charge is -2.07. The second kappa shape index (κ2) is 7.16. The Morgan fingerprint density at radius 1 is 1.09 bits per heavy atom. The highest BCUT2D eigenvalue weighted by Gasteiger charge is 2.04. The number of hydrogen-bond acceptors (Lipinski definition) is 3. The number of guanidine groups is 1. The molecule has 0 unspecified atom stereocenters. The molecule has 2 aromatic rings. The Balaban J connectivity index is 2.02. The van der Waals surface area contributed by atoms with Gasteiger partial charge in [-0.1, -0.05) is 12.1 Å². The molecule has 114 valence electrons. The summed E-state index contributed by atoms with van der Waals surface area (Å²) < 4.78 is 32.0. The third kappa shape index (κ3) is 4.55. The van der Waals surface area contributed by atoms with Crippen molar-refractivity contribution >= 4 is 12.2 Å². The van der Waals surface area contributed by atoms with Gasteiger partial charge < -0.3 is 16.2 Å². The molecule has 0 spiro atoms. The summed E-state index contributed by atoms with van der Waals surface area (Å²) in [6.07, 6.45) is 1.31. The Morgan fingerprint density at radius 2 is 1.82 bits per heavy atom. The average Bonchev–Trinajstić information content (AvgIpc) is 2.48. The van der Waals surface area contributed by atoms with Crippen molar-refractivity contribution in [1.82, 2.24) is 0 Å². The zero-order valence-electron chi connectivity index (χ0n) is 11.5. The molecule has 7 heteroatoms. The first-order valence-corrected chi connectivity index (χ1v) is 6.33. The molecule has 0 aliphatic carbocycles. The van der Waals surface area contributed by atoms with Crippen LogP contribution in [0.4, 0.5) is 8.78 Å². The van der Waals surface area contributed by atoms with Crippen molar-refractivity contribution in [2.75, 3.05) is 0 Å². The summed E-state index contributed by atoms with van der Waals surface area (Å²) in [6.45, 7) is 0.138. The second-order valence-corrected chi connectivity index (χ2v) is 4.37. The molecule has 0 radical (unpaired) electrons. The van der Waals surface area contributed by atoms with E-state index in [0.717, 1.165) is 5.56 Å². The van der Waals surface area contributed by atoms with Gasteiger partial charge >= 0.3 is 0 Å². The van der Waals surface area contributed by atoms with Gasteiger partial charge in [-0.3, -0.25) is 0 Å². The molecule has 4 N–H and O–H groups in total. The molecule has 5 nitrogen and oxygen atoms in total. The summed E-state index contributed by atoms with van der Waals surface area (Å²) in [5.74, 6) is -0.977. The SMILES string of the molecule is NC(N)=NN=Cc1ccc(OCc2ccc(F)cc2)c(F)c1. The van der Waals surface area contributed by atoms with Crippen molar-refractivity contribution in [3.63, 3.8) is 0 Å². The first-order valence-electron chi connectivity index (χ1n) is 6.33. The molecule has 0 saturated carbocycles. The molecular weight excluding hydrogens is 290 g/mol. The predicted molar refractivity (Wildman–Crippen MR) is 80.5 cm³/mol. The Morgan fingerprint density at radius 3 is 2.45 bits per heavy atom. The number of nitrogens with two attached hydrogens (primary N) is 2. The van der Waals surface area contributed by atoms with Gasteiger partial charge in [0, 0.05) is 0 Å². The summed E-state index contributed by atoms with van der Waals surface area (Å²) >= 11 is 0. The number of benzene rings is 2. The van der Waals surface area contributed by atoms with E-state index in [0.29, 0.717) is 5.56 Å². The van der Waals surface area contributed by atoms with Gasteiger partial charge in [0.2, 0.25) is 5.96 Å². The van der Waals surface area contributed by atoms with Crippen LogP contribution >= 0.6 is 0 Å². The molecule has 0 fully saturated rings. The number of hydrogen-bond donors (Lipinski definition) is 2. The molecule has 0 aliphatic rings. The second-order valence-electron chi connectivity index (χ2n) is 4.37.